The molecule has 0 spiro atoms. The predicted molar refractivity (Wildman–Crippen MR) is 107 cm³/mol. The Bertz CT molecular complexity index is 902. The Morgan fingerprint density at radius 2 is 2.12 bits per heavy atom. The molecule has 0 radical (unpaired) electrons. The first-order valence-corrected chi connectivity index (χ1v) is 11.3. The fraction of sp³-hybridized carbons (Fsp3) is 0.632. The number of nitrogens with zero attached hydrogens (tertiary/aromatic N) is 2. The lowest BCUT2D eigenvalue weighted by Crippen LogP contribution is -2.41. The fourth-order valence-corrected chi connectivity index (χ4v) is 6.23. The molecule has 1 amide bonds. The van der Waals surface area contributed by atoms with Crippen molar-refractivity contribution < 1.29 is 4.79 Å². The molecule has 2 atom stereocenters. The van der Waals surface area contributed by atoms with Gasteiger partial charge in [0, 0.05) is 18.0 Å². The maximum atomic E-state index is 12.8. The van der Waals surface area contributed by atoms with Crippen molar-refractivity contribution in [3.8, 4) is 0 Å². The van der Waals surface area contributed by atoms with E-state index in [1.165, 1.54) is 41.5 Å². The average Bonchev–Trinajstić information content (AvgIpc) is 3.19. The first kappa shape index (κ1) is 18.0. The lowest BCUT2D eigenvalue weighted by Gasteiger charge is -2.29. The maximum absolute atomic E-state index is 12.8. The molecule has 1 N–H and O–H groups in total. The van der Waals surface area contributed by atoms with Crippen LogP contribution in [0.2, 0.25) is 0 Å². The van der Waals surface area contributed by atoms with Crippen LogP contribution in [0.3, 0.4) is 0 Å². The number of carbonyl (C=O) groups excluding carboxylic acids is 1. The molecule has 2 aliphatic rings. The lowest BCUT2D eigenvalue weighted by molar-refractivity contribution is -0.119. The summed E-state index contributed by atoms with van der Waals surface area (Å²) in [5.74, 6) is 0.891. The van der Waals surface area contributed by atoms with Gasteiger partial charge in [-0.3, -0.25) is 14.2 Å². The number of nitrogens with one attached hydrogen (secondary N) is 1. The van der Waals surface area contributed by atoms with Gasteiger partial charge in [0.1, 0.15) is 4.83 Å². The molecule has 2 aromatic heterocycles. The predicted octanol–water partition coefficient (Wildman–Crippen LogP) is 3.27. The Labute approximate surface area is 161 Å². The number of carbonyl (C=O) groups is 1. The second-order valence-corrected chi connectivity index (χ2v) is 9.55. The van der Waals surface area contributed by atoms with Crippen LogP contribution in [0.25, 0.3) is 10.2 Å². The molecule has 4 rings (SSSR count). The van der Waals surface area contributed by atoms with Crippen LogP contribution in [-0.2, 0) is 24.7 Å². The Morgan fingerprint density at radius 1 is 1.31 bits per heavy atom. The molecule has 0 bridgehead atoms. The van der Waals surface area contributed by atoms with E-state index < -0.39 is 0 Å². The van der Waals surface area contributed by atoms with Crippen LogP contribution in [0, 0.1) is 5.92 Å². The zero-order chi connectivity index (χ0) is 18.3. The van der Waals surface area contributed by atoms with Crippen molar-refractivity contribution in [2.24, 2.45) is 13.0 Å². The number of fused-ring (bicyclic) bond motifs is 3. The average molecular weight is 392 g/mol. The van der Waals surface area contributed by atoms with Crippen molar-refractivity contribution in [1.82, 2.24) is 14.9 Å². The van der Waals surface area contributed by atoms with E-state index in [0.717, 1.165) is 35.9 Å². The van der Waals surface area contributed by atoms with Crippen LogP contribution in [0.1, 0.15) is 49.5 Å². The summed E-state index contributed by atoms with van der Waals surface area (Å²) in [7, 11) is 1.76. The number of hydrogen-bond acceptors (Lipinski definition) is 5. The van der Waals surface area contributed by atoms with E-state index in [-0.39, 0.29) is 17.5 Å². The van der Waals surface area contributed by atoms with Crippen molar-refractivity contribution in [2.75, 3.05) is 5.75 Å². The van der Waals surface area contributed by atoms with Gasteiger partial charge in [0.25, 0.3) is 5.56 Å². The van der Waals surface area contributed by atoms with Gasteiger partial charge < -0.3 is 5.32 Å². The van der Waals surface area contributed by atoms with Gasteiger partial charge in [-0.1, -0.05) is 31.5 Å². The van der Waals surface area contributed by atoms with Crippen molar-refractivity contribution in [1.29, 1.82) is 0 Å². The molecule has 26 heavy (non-hydrogen) atoms. The third-order valence-corrected chi connectivity index (χ3v) is 7.91. The Hall–Kier alpha value is -1.34. The molecule has 2 heterocycles. The first-order chi connectivity index (χ1) is 12.5. The van der Waals surface area contributed by atoms with E-state index in [2.05, 4.69) is 12.2 Å². The highest BCUT2D eigenvalue weighted by Crippen LogP contribution is 2.35. The standard InChI is InChI=1S/C19H25N3O2S2/c1-11-6-3-4-8-13(11)20-15(23)10-25-19-21-17-16(18(24)22(19)2)12-7-5-9-14(12)26-17/h11,13H,3-10H2,1-2H3,(H,20,23)/t11-,13+/m0/s1. The summed E-state index contributed by atoms with van der Waals surface area (Å²) in [5, 5.41) is 4.60. The number of thiophene rings is 1. The molecule has 0 saturated heterocycles. The van der Waals surface area contributed by atoms with Gasteiger partial charge in [-0.2, -0.15) is 0 Å². The molecule has 140 valence electrons. The van der Waals surface area contributed by atoms with E-state index in [9.17, 15) is 9.59 Å². The number of aromatic nitrogens is 2. The highest BCUT2D eigenvalue weighted by Gasteiger charge is 2.24. The summed E-state index contributed by atoms with van der Waals surface area (Å²) in [6.45, 7) is 2.21. The lowest BCUT2D eigenvalue weighted by atomic mass is 9.86. The normalized spacial score (nSPS) is 22.5. The van der Waals surface area contributed by atoms with Crippen molar-refractivity contribution >= 4 is 39.2 Å². The molecule has 2 aliphatic carbocycles. The largest absolute Gasteiger partial charge is 0.352 e. The summed E-state index contributed by atoms with van der Waals surface area (Å²) in [6.07, 6.45) is 7.90. The smallest absolute Gasteiger partial charge is 0.262 e. The maximum Gasteiger partial charge on any atom is 0.262 e. The highest BCUT2D eigenvalue weighted by molar-refractivity contribution is 7.99. The number of amides is 1. The number of thioether (sulfide) groups is 1. The monoisotopic (exact) mass is 391 g/mol. The molecule has 5 nitrogen and oxygen atoms in total. The van der Waals surface area contributed by atoms with Crippen molar-refractivity contribution in [2.45, 2.75) is 63.1 Å². The minimum atomic E-state index is 0.0261. The molecular weight excluding hydrogens is 366 g/mol. The summed E-state index contributed by atoms with van der Waals surface area (Å²) in [4.78, 5) is 32.0. The van der Waals surface area contributed by atoms with E-state index in [0.29, 0.717) is 16.8 Å². The quantitative estimate of drug-likeness (QED) is 0.642. The van der Waals surface area contributed by atoms with Crippen LogP contribution >= 0.6 is 23.1 Å². The van der Waals surface area contributed by atoms with Gasteiger partial charge in [-0.15, -0.1) is 11.3 Å². The fourth-order valence-electron chi connectivity index (χ4n) is 4.14. The Kier molecular flexibility index (Phi) is 5.10. The third kappa shape index (κ3) is 3.31. The van der Waals surface area contributed by atoms with E-state index in [1.54, 1.807) is 23.0 Å². The van der Waals surface area contributed by atoms with Gasteiger partial charge in [0.15, 0.2) is 5.16 Å². The second-order valence-electron chi connectivity index (χ2n) is 7.52. The number of rotatable bonds is 4. The van der Waals surface area contributed by atoms with Crippen LogP contribution in [0.5, 0.6) is 0 Å². The SMILES string of the molecule is C[C@H]1CCCC[C@H]1NC(=O)CSc1nc2sc3c(c2c(=O)n1C)CCC3. The molecule has 0 aliphatic heterocycles. The minimum absolute atomic E-state index is 0.0261. The molecule has 7 heteroatoms. The van der Waals surface area contributed by atoms with Crippen molar-refractivity contribution in [3.05, 3.63) is 20.8 Å². The second kappa shape index (κ2) is 7.35. The summed E-state index contributed by atoms with van der Waals surface area (Å²) < 4.78 is 1.61. The number of hydrogen-bond donors (Lipinski definition) is 1. The van der Waals surface area contributed by atoms with Crippen LogP contribution < -0.4 is 10.9 Å². The van der Waals surface area contributed by atoms with Crippen LogP contribution in [-0.4, -0.2) is 27.3 Å². The summed E-state index contributed by atoms with van der Waals surface area (Å²) >= 11 is 3.01. The molecule has 1 saturated carbocycles. The first-order valence-electron chi connectivity index (χ1n) is 9.48. The minimum Gasteiger partial charge on any atom is -0.352 e. The van der Waals surface area contributed by atoms with E-state index in [4.69, 9.17) is 4.98 Å². The zero-order valence-electron chi connectivity index (χ0n) is 15.3. The van der Waals surface area contributed by atoms with Crippen molar-refractivity contribution in [3.63, 3.8) is 0 Å². The van der Waals surface area contributed by atoms with Gasteiger partial charge >= 0.3 is 0 Å². The van der Waals surface area contributed by atoms with E-state index >= 15 is 0 Å². The molecular formula is C19H25N3O2S2. The van der Waals surface area contributed by atoms with Gasteiger partial charge in [-0.25, -0.2) is 4.98 Å². The topological polar surface area (TPSA) is 64.0 Å². The number of aryl methyl sites for hydroxylation is 2. The van der Waals surface area contributed by atoms with E-state index in [1.807, 2.05) is 0 Å². The van der Waals surface area contributed by atoms with Gasteiger partial charge in [0.05, 0.1) is 11.1 Å². The highest BCUT2D eigenvalue weighted by atomic mass is 32.2. The summed E-state index contributed by atoms with van der Waals surface area (Å²) in [5.41, 5.74) is 1.23. The van der Waals surface area contributed by atoms with Crippen LogP contribution in [0.15, 0.2) is 9.95 Å². The van der Waals surface area contributed by atoms with Gasteiger partial charge in [0.2, 0.25) is 5.91 Å². The molecule has 0 aromatic carbocycles. The molecule has 2 aromatic rings. The van der Waals surface area contributed by atoms with Gasteiger partial charge in [-0.05, 0) is 43.6 Å². The molecule has 0 unspecified atom stereocenters. The van der Waals surface area contributed by atoms with Crippen LogP contribution in [0.4, 0.5) is 0 Å². The molecule has 1 fully saturated rings. The summed E-state index contributed by atoms with van der Waals surface area (Å²) in [6, 6.07) is 0.288. The third-order valence-electron chi connectivity index (χ3n) is 5.70. The Balaban J connectivity index is 1.48. The Morgan fingerprint density at radius 3 is 2.92 bits per heavy atom. The zero-order valence-corrected chi connectivity index (χ0v) is 17.0.